The second-order valence-corrected chi connectivity index (χ2v) is 6.82. The Balaban J connectivity index is 1.54. The molecule has 1 aromatic carbocycles. The van der Waals surface area contributed by atoms with Gasteiger partial charge in [-0.1, -0.05) is 11.6 Å². The summed E-state index contributed by atoms with van der Waals surface area (Å²) >= 11 is 5.60. The van der Waals surface area contributed by atoms with Crippen LogP contribution in [0.3, 0.4) is 0 Å². The number of ether oxygens (including phenoxy) is 1. The molecule has 0 atom stereocenters. The van der Waals surface area contributed by atoms with E-state index in [0.717, 1.165) is 44.6 Å². The summed E-state index contributed by atoms with van der Waals surface area (Å²) in [5.74, 6) is -0.571. The monoisotopic (exact) mass is 340 g/mol. The molecule has 0 spiro atoms. The Kier molecular flexibility index (Phi) is 4.19. The lowest BCUT2D eigenvalue weighted by molar-refractivity contribution is -0.125. The van der Waals surface area contributed by atoms with Crippen molar-refractivity contribution < 1.29 is 18.7 Å². The number of halogens is 2. The molecule has 2 amide bonds. The van der Waals surface area contributed by atoms with Crippen LogP contribution in [0, 0.1) is 5.82 Å². The van der Waals surface area contributed by atoms with Crippen molar-refractivity contribution >= 4 is 23.9 Å². The molecule has 3 rings (SSSR count). The van der Waals surface area contributed by atoms with E-state index in [-0.39, 0.29) is 34.4 Å². The maximum Gasteiger partial charge on any atom is 0.258 e. The van der Waals surface area contributed by atoms with Gasteiger partial charge in [0, 0.05) is 17.1 Å². The smallest absolute Gasteiger partial charge is 0.258 e. The minimum Gasteiger partial charge on any atom is -0.484 e. The Morgan fingerprint density at radius 2 is 2.00 bits per heavy atom. The van der Waals surface area contributed by atoms with Crippen LogP contribution < -0.4 is 15.4 Å². The molecule has 124 valence electrons. The number of hydrogen-bond donors (Lipinski definition) is 2. The standard InChI is InChI=1S/C16H18ClFN2O3/c17-12-2-1-11(7-13(12)18)23-8-14(22)20-16-5-3-15(9-16,4-6-16)19-10-21/h1-2,7,10H,3-6,8-9H2,(H,19,21)(H,20,22). The zero-order chi connectivity index (χ0) is 16.5. The third-order valence-electron chi connectivity index (χ3n) is 4.87. The molecule has 2 aliphatic rings. The molecular weight excluding hydrogens is 323 g/mol. The first-order chi connectivity index (χ1) is 11.0. The minimum atomic E-state index is -0.584. The average Bonchev–Trinajstić information content (AvgIpc) is 3.04. The largest absolute Gasteiger partial charge is 0.484 e. The van der Waals surface area contributed by atoms with E-state index in [1.54, 1.807) is 0 Å². The topological polar surface area (TPSA) is 67.4 Å². The fourth-order valence-electron chi connectivity index (χ4n) is 3.75. The van der Waals surface area contributed by atoms with Crippen LogP contribution in [0.5, 0.6) is 5.75 Å². The summed E-state index contributed by atoms with van der Waals surface area (Å²) in [6.45, 7) is -0.184. The SMILES string of the molecule is O=CNC12CCC(NC(=O)COc3ccc(Cl)c(F)c3)(CC1)C2. The van der Waals surface area contributed by atoms with Crippen LogP contribution in [0.4, 0.5) is 4.39 Å². The first-order valence-electron chi connectivity index (χ1n) is 7.56. The molecule has 1 aromatic rings. The number of hydrogen-bond acceptors (Lipinski definition) is 3. The molecule has 2 N–H and O–H groups in total. The predicted octanol–water partition coefficient (Wildman–Crippen LogP) is 2.18. The predicted molar refractivity (Wildman–Crippen MR) is 82.8 cm³/mol. The average molecular weight is 341 g/mol. The van der Waals surface area contributed by atoms with E-state index in [1.165, 1.54) is 12.1 Å². The second-order valence-electron chi connectivity index (χ2n) is 6.41. The normalized spacial score (nSPS) is 28.4. The zero-order valence-corrected chi connectivity index (χ0v) is 13.3. The van der Waals surface area contributed by atoms with Gasteiger partial charge in [0.25, 0.3) is 5.91 Å². The Morgan fingerprint density at radius 3 is 2.65 bits per heavy atom. The number of amides is 2. The van der Waals surface area contributed by atoms with Gasteiger partial charge in [-0.15, -0.1) is 0 Å². The highest BCUT2D eigenvalue weighted by Gasteiger charge is 2.54. The Morgan fingerprint density at radius 1 is 1.30 bits per heavy atom. The van der Waals surface area contributed by atoms with E-state index in [9.17, 15) is 14.0 Å². The maximum absolute atomic E-state index is 13.3. The summed E-state index contributed by atoms with van der Waals surface area (Å²) in [5.41, 5.74) is -0.434. The summed E-state index contributed by atoms with van der Waals surface area (Å²) in [6, 6.07) is 4.05. The van der Waals surface area contributed by atoms with E-state index in [0.29, 0.717) is 0 Å². The zero-order valence-electron chi connectivity index (χ0n) is 12.5. The van der Waals surface area contributed by atoms with Gasteiger partial charge in [-0.2, -0.15) is 0 Å². The van der Waals surface area contributed by atoms with Gasteiger partial charge in [0.1, 0.15) is 11.6 Å². The molecule has 23 heavy (non-hydrogen) atoms. The van der Waals surface area contributed by atoms with E-state index < -0.39 is 5.82 Å². The molecule has 0 aromatic heterocycles. The molecule has 5 nitrogen and oxygen atoms in total. The van der Waals surface area contributed by atoms with Gasteiger partial charge in [0.05, 0.1) is 5.02 Å². The van der Waals surface area contributed by atoms with Crippen molar-refractivity contribution in [2.75, 3.05) is 6.61 Å². The molecular formula is C16H18ClFN2O3. The number of rotatable bonds is 6. The van der Waals surface area contributed by atoms with Gasteiger partial charge in [0.2, 0.25) is 6.41 Å². The summed E-state index contributed by atoms with van der Waals surface area (Å²) in [7, 11) is 0. The molecule has 2 fully saturated rings. The number of carbonyl (C=O) groups excluding carboxylic acids is 2. The van der Waals surface area contributed by atoms with Crippen LogP contribution in [-0.4, -0.2) is 30.0 Å². The molecule has 2 aliphatic carbocycles. The van der Waals surface area contributed by atoms with Gasteiger partial charge in [0.15, 0.2) is 6.61 Å². The maximum atomic E-state index is 13.3. The lowest BCUT2D eigenvalue weighted by Gasteiger charge is -2.28. The highest BCUT2D eigenvalue weighted by atomic mass is 35.5. The third kappa shape index (κ3) is 3.27. The molecule has 7 heteroatoms. The van der Waals surface area contributed by atoms with E-state index in [4.69, 9.17) is 16.3 Å². The Bertz CT molecular complexity index is 630. The van der Waals surface area contributed by atoms with Crippen molar-refractivity contribution in [1.29, 1.82) is 0 Å². The molecule has 2 bridgehead atoms. The Labute approximate surface area is 138 Å². The van der Waals surface area contributed by atoms with Crippen LogP contribution in [0.2, 0.25) is 5.02 Å². The summed E-state index contributed by atoms with van der Waals surface area (Å²) in [6.07, 6.45) is 4.91. The Hall–Kier alpha value is -1.82. The highest BCUT2D eigenvalue weighted by Crippen LogP contribution is 2.50. The second kappa shape index (κ2) is 6.00. The van der Waals surface area contributed by atoms with E-state index in [2.05, 4.69) is 10.6 Å². The van der Waals surface area contributed by atoms with Crippen molar-refractivity contribution in [3.63, 3.8) is 0 Å². The molecule has 0 heterocycles. The van der Waals surface area contributed by atoms with Crippen LogP contribution in [0.15, 0.2) is 18.2 Å². The van der Waals surface area contributed by atoms with Crippen molar-refractivity contribution in [2.24, 2.45) is 0 Å². The lowest BCUT2D eigenvalue weighted by atomic mass is 9.91. The van der Waals surface area contributed by atoms with Gasteiger partial charge in [-0.05, 0) is 44.2 Å². The molecule has 0 unspecified atom stereocenters. The van der Waals surface area contributed by atoms with Crippen LogP contribution in [0.25, 0.3) is 0 Å². The number of fused-ring (bicyclic) bond motifs is 2. The highest BCUT2D eigenvalue weighted by molar-refractivity contribution is 6.30. The summed E-state index contributed by atoms with van der Waals surface area (Å²) < 4.78 is 18.6. The van der Waals surface area contributed by atoms with Gasteiger partial charge in [-0.3, -0.25) is 9.59 Å². The fraction of sp³-hybridized carbons (Fsp3) is 0.500. The molecule has 0 radical (unpaired) electrons. The molecule has 2 saturated carbocycles. The van der Waals surface area contributed by atoms with Crippen LogP contribution >= 0.6 is 11.6 Å². The summed E-state index contributed by atoms with van der Waals surface area (Å²) in [5, 5.41) is 5.93. The summed E-state index contributed by atoms with van der Waals surface area (Å²) in [4.78, 5) is 22.8. The first kappa shape index (κ1) is 16.1. The van der Waals surface area contributed by atoms with Crippen molar-refractivity contribution in [3.05, 3.63) is 29.0 Å². The number of benzene rings is 1. The molecule has 0 saturated heterocycles. The minimum absolute atomic E-state index is 0.0108. The number of carbonyl (C=O) groups is 2. The first-order valence-corrected chi connectivity index (χ1v) is 7.94. The lowest BCUT2D eigenvalue weighted by Crippen LogP contribution is -2.47. The molecule has 0 aliphatic heterocycles. The van der Waals surface area contributed by atoms with Gasteiger partial charge >= 0.3 is 0 Å². The number of nitrogens with one attached hydrogen (secondary N) is 2. The van der Waals surface area contributed by atoms with Crippen LogP contribution in [0.1, 0.15) is 32.1 Å². The van der Waals surface area contributed by atoms with E-state index in [1.807, 2.05) is 0 Å². The van der Waals surface area contributed by atoms with Crippen LogP contribution in [-0.2, 0) is 9.59 Å². The van der Waals surface area contributed by atoms with Gasteiger partial charge < -0.3 is 15.4 Å². The van der Waals surface area contributed by atoms with Crippen molar-refractivity contribution in [2.45, 2.75) is 43.2 Å². The van der Waals surface area contributed by atoms with Crippen molar-refractivity contribution in [1.82, 2.24) is 10.6 Å². The van der Waals surface area contributed by atoms with Gasteiger partial charge in [-0.25, -0.2) is 4.39 Å². The quantitative estimate of drug-likeness (QED) is 0.780. The van der Waals surface area contributed by atoms with Crippen molar-refractivity contribution in [3.8, 4) is 5.75 Å². The third-order valence-corrected chi connectivity index (χ3v) is 5.18. The van der Waals surface area contributed by atoms with E-state index >= 15 is 0 Å². The fourth-order valence-corrected chi connectivity index (χ4v) is 3.86.